The molecule has 3 nitrogen and oxygen atoms in total. The molecule has 1 unspecified atom stereocenters. The predicted molar refractivity (Wildman–Crippen MR) is 81.0 cm³/mol. The average Bonchev–Trinajstić information content (AvgIpc) is 2.87. The zero-order valence-electron chi connectivity index (χ0n) is 11.1. The summed E-state index contributed by atoms with van der Waals surface area (Å²) in [6.45, 7) is 0.342. The number of hydrogen-bond donors (Lipinski definition) is 1. The number of carbonyl (C=O) groups is 1. The zero-order valence-corrected chi connectivity index (χ0v) is 12.7. The summed E-state index contributed by atoms with van der Waals surface area (Å²) < 4.78 is 19.9. The Morgan fingerprint density at radius 1 is 1.29 bits per heavy atom. The lowest BCUT2D eigenvalue weighted by molar-refractivity contribution is 0.0928. The Balaban J connectivity index is 1.63. The molecule has 0 saturated carbocycles. The molecule has 0 bridgehead atoms. The van der Waals surface area contributed by atoms with Crippen molar-refractivity contribution in [2.24, 2.45) is 0 Å². The van der Waals surface area contributed by atoms with Gasteiger partial charge < -0.3 is 10.1 Å². The molecular weight excluding hydrogens is 337 g/mol. The van der Waals surface area contributed by atoms with Crippen LogP contribution in [0.15, 0.2) is 46.9 Å². The normalized spacial score (nSPS) is 16.2. The number of amides is 1. The summed E-state index contributed by atoms with van der Waals surface area (Å²) in [7, 11) is 0. The monoisotopic (exact) mass is 349 g/mol. The minimum absolute atomic E-state index is 0.0213. The summed E-state index contributed by atoms with van der Waals surface area (Å²) in [4.78, 5) is 12.1. The molecule has 2 aromatic rings. The number of hydrogen-bond acceptors (Lipinski definition) is 2. The Kier molecular flexibility index (Phi) is 3.92. The van der Waals surface area contributed by atoms with Gasteiger partial charge in [-0.15, -0.1) is 0 Å². The van der Waals surface area contributed by atoms with E-state index in [1.807, 2.05) is 24.3 Å². The van der Waals surface area contributed by atoms with E-state index in [4.69, 9.17) is 4.74 Å². The van der Waals surface area contributed by atoms with Crippen LogP contribution >= 0.6 is 15.9 Å². The van der Waals surface area contributed by atoms with Gasteiger partial charge in [-0.1, -0.05) is 24.3 Å². The first-order valence-corrected chi connectivity index (χ1v) is 7.41. The van der Waals surface area contributed by atoms with Crippen LogP contribution in [0.5, 0.6) is 5.75 Å². The summed E-state index contributed by atoms with van der Waals surface area (Å²) in [6.07, 6.45) is 0.631. The van der Waals surface area contributed by atoms with Gasteiger partial charge in [0.25, 0.3) is 5.91 Å². The molecule has 0 aliphatic carbocycles. The first-order valence-electron chi connectivity index (χ1n) is 6.62. The van der Waals surface area contributed by atoms with Gasteiger partial charge in [-0.05, 0) is 39.7 Å². The number of benzene rings is 2. The van der Waals surface area contributed by atoms with Crippen molar-refractivity contribution < 1.29 is 13.9 Å². The molecule has 0 aromatic heterocycles. The fourth-order valence-corrected chi connectivity index (χ4v) is 2.90. The van der Waals surface area contributed by atoms with Crippen molar-refractivity contribution in [3.63, 3.8) is 0 Å². The zero-order chi connectivity index (χ0) is 14.8. The van der Waals surface area contributed by atoms with Gasteiger partial charge >= 0.3 is 0 Å². The predicted octanol–water partition coefficient (Wildman–Crippen LogP) is 3.32. The van der Waals surface area contributed by atoms with Gasteiger partial charge in [0.1, 0.15) is 17.7 Å². The minimum atomic E-state index is -0.544. The minimum Gasteiger partial charge on any atom is -0.488 e. The Hall–Kier alpha value is -1.88. The molecule has 0 saturated heterocycles. The number of para-hydroxylation sites is 1. The molecule has 0 radical (unpaired) electrons. The molecular formula is C16H13BrFNO2. The van der Waals surface area contributed by atoms with Crippen LogP contribution in [0, 0.1) is 5.82 Å². The van der Waals surface area contributed by atoms with E-state index in [-0.39, 0.29) is 11.7 Å². The maximum atomic E-state index is 13.7. The Bertz CT molecular complexity index is 644. The molecule has 0 spiro atoms. The van der Waals surface area contributed by atoms with Crippen molar-refractivity contribution in [2.75, 3.05) is 6.54 Å². The van der Waals surface area contributed by atoms with Gasteiger partial charge in [-0.2, -0.15) is 0 Å². The highest BCUT2D eigenvalue weighted by atomic mass is 79.9. The van der Waals surface area contributed by atoms with Crippen molar-refractivity contribution in [1.29, 1.82) is 0 Å². The number of halogens is 2. The highest BCUT2D eigenvalue weighted by Crippen LogP contribution is 2.28. The van der Waals surface area contributed by atoms with Crippen LogP contribution in [0.2, 0.25) is 0 Å². The third kappa shape index (κ3) is 2.93. The smallest absolute Gasteiger partial charge is 0.255 e. The maximum Gasteiger partial charge on any atom is 0.255 e. The van der Waals surface area contributed by atoms with Crippen molar-refractivity contribution in [1.82, 2.24) is 5.32 Å². The van der Waals surface area contributed by atoms with Gasteiger partial charge in [0.15, 0.2) is 0 Å². The highest BCUT2D eigenvalue weighted by Gasteiger charge is 2.23. The summed E-state index contributed by atoms with van der Waals surface area (Å²) in [6, 6.07) is 12.2. The molecule has 108 valence electrons. The van der Waals surface area contributed by atoms with E-state index in [1.165, 1.54) is 6.07 Å². The fourth-order valence-electron chi connectivity index (χ4n) is 2.38. The van der Waals surface area contributed by atoms with Gasteiger partial charge in [-0.25, -0.2) is 4.39 Å². The number of carbonyl (C=O) groups excluding carboxylic acids is 1. The topological polar surface area (TPSA) is 38.3 Å². The summed E-state index contributed by atoms with van der Waals surface area (Å²) in [5.74, 6) is -0.138. The van der Waals surface area contributed by atoms with Crippen molar-refractivity contribution in [3.8, 4) is 5.75 Å². The summed E-state index contributed by atoms with van der Waals surface area (Å²) >= 11 is 3.19. The molecule has 3 rings (SSSR count). The van der Waals surface area contributed by atoms with Gasteiger partial charge in [0, 0.05) is 10.9 Å². The van der Waals surface area contributed by atoms with E-state index in [0.717, 1.165) is 17.7 Å². The van der Waals surface area contributed by atoms with Crippen molar-refractivity contribution >= 4 is 21.8 Å². The van der Waals surface area contributed by atoms with Crippen LogP contribution < -0.4 is 10.1 Å². The molecule has 1 aliphatic heterocycles. The van der Waals surface area contributed by atoms with Crippen LogP contribution in [0.4, 0.5) is 4.39 Å². The molecule has 1 atom stereocenters. The number of fused-ring (bicyclic) bond motifs is 1. The second kappa shape index (κ2) is 5.85. The Labute approximate surface area is 130 Å². The Morgan fingerprint density at radius 2 is 2.10 bits per heavy atom. The van der Waals surface area contributed by atoms with Crippen LogP contribution in [0.25, 0.3) is 0 Å². The van der Waals surface area contributed by atoms with Crippen LogP contribution in [-0.2, 0) is 6.42 Å². The maximum absolute atomic E-state index is 13.7. The van der Waals surface area contributed by atoms with Gasteiger partial charge in [0.2, 0.25) is 0 Å². The van der Waals surface area contributed by atoms with E-state index in [1.54, 1.807) is 12.1 Å². The van der Waals surface area contributed by atoms with Crippen molar-refractivity contribution in [3.05, 3.63) is 63.9 Å². The first kappa shape index (κ1) is 14.1. The molecule has 1 heterocycles. The lowest BCUT2D eigenvalue weighted by Crippen LogP contribution is -2.35. The van der Waals surface area contributed by atoms with Gasteiger partial charge in [-0.3, -0.25) is 4.79 Å². The highest BCUT2D eigenvalue weighted by molar-refractivity contribution is 9.10. The lowest BCUT2D eigenvalue weighted by Gasteiger charge is -2.13. The molecule has 21 heavy (non-hydrogen) atoms. The van der Waals surface area contributed by atoms with E-state index < -0.39 is 11.7 Å². The van der Waals surface area contributed by atoms with Gasteiger partial charge in [0.05, 0.1) is 12.1 Å². The second-order valence-corrected chi connectivity index (χ2v) is 5.71. The molecule has 0 fully saturated rings. The van der Waals surface area contributed by atoms with E-state index in [9.17, 15) is 9.18 Å². The summed E-state index contributed by atoms with van der Waals surface area (Å²) in [5, 5.41) is 2.72. The Morgan fingerprint density at radius 3 is 2.86 bits per heavy atom. The van der Waals surface area contributed by atoms with E-state index in [2.05, 4.69) is 21.2 Å². The SMILES string of the molecule is O=C(NCC1Cc2ccccc2O1)c1c(F)cccc1Br. The van der Waals surface area contributed by atoms with E-state index >= 15 is 0 Å². The number of nitrogens with one attached hydrogen (secondary N) is 1. The molecule has 5 heteroatoms. The van der Waals surface area contributed by atoms with Crippen molar-refractivity contribution in [2.45, 2.75) is 12.5 Å². The van der Waals surface area contributed by atoms with Crippen LogP contribution in [0.1, 0.15) is 15.9 Å². The number of ether oxygens (including phenoxy) is 1. The lowest BCUT2D eigenvalue weighted by atomic mass is 10.1. The molecule has 2 aromatic carbocycles. The third-order valence-electron chi connectivity index (χ3n) is 3.39. The third-order valence-corrected chi connectivity index (χ3v) is 4.05. The van der Waals surface area contributed by atoms with E-state index in [0.29, 0.717) is 11.0 Å². The average molecular weight is 350 g/mol. The summed E-state index contributed by atoms with van der Waals surface area (Å²) in [5.41, 5.74) is 1.15. The largest absolute Gasteiger partial charge is 0.488 e. The van der Waals surface area contributed by atoms with Crippen LogP contribution in [-0.4, -0.2) is 18.6 Å². The molecule has 1 amide bonds. The standard InChI is InChI=1S/C16H13BrFNO2/c17-12-5-3-6-13(18)15(12)16(20)19-9-11-8-10-4-1-2-7-14(10)21-11/h1-7,11H,8-9H2,(H,19,20). The molecule has 1 aliphatic rings. The second-order valence-electron chi connectivity index (χ2n) is 4.86. The fraction of sp³-hybridized carbons (Fsp3) is 0.188. The molecule has 1 N–H and O–H groups in total. The quantitative estimate of drug-likeness (QED) is 0.922. The first-order chi connectivity index (χ1) is 10.1. The van der Waals surface area contributed by atoms with Crippen LogP contribution in [0.3, 0.4) is 0 Å². The number of rotatable bonds is 3.